The number of benzene rings is 1. The van der Waals surface area contributed by atoms with Gasteiger partial charge in [-0.2, -0.15) is 4.31 Å². The van der Waals surface area contributed by atoms with Crippen molar-refractivity contribution < 1.29 is 18.2 Å². The van der Waals surface area contributed by atoms with E-state index in [9.17, 15) is 13.2 Å². The number of piperidine rings is 1. The van der Waals surface area contributed by atoms with E-state index in [2.05, 4.69) is 18.8 Å². The maximum atomic E-state index is 13.5. The fourth-order valence-corrected chi connectivity index (χ4v) is 5.81. The minimum Gasteiger partial charge on any atom is -0.342 e. The topological polar surface area (TPSA) is 84.7 Å². The van der Waals surface area contributed by atoms with E-state index in [1.54, 1.807) is 40.5 Å². The zero-order valence-corrected chi connectivity index (χ0v) is 20.9. The third-order valence-electron chi connectivity index (χ3n) is 6.57. The van der Waals surface area contributed by atoms with Gasteiger partial charge in [-0.25, -0.2) is 18.4 Å². The van der Waals surface area contributed by atoms with Gasteiger partial charge in [0.05, 0.1) is 16.0 Å². The lowest BCUT2D eigenvalue weighted by Gasteiger charge is -2.29. The summed E-state index contributed by atoms with van der Waals surface area (Å²) in [5, 5.41) is 0.555. The molecule has 7 nitrogen and oxygen atoms in total. The summed E-state index contributed by atoms with van der Waals surface area (Å²) in [7, 11) is -1.86. The van der Waals surface area contributed by atoms with Gasteiger partial charge < -0.3 is 4.90 Å². The lowest BCUT2D eigenvalue weighted by Crippen LogP contribution is -2.37. The molecule has 0 unspecified atom stereocenters. The van der Waals surface area contributed by atoms with Gasteiger partial charge in [0.2, 0.25) is 15.7 Å². The van der Waals surface area contributed by atoms with E-state index >= 15 is 0 Å². The van der Waals surface area contributed by atoms with Crippen LogP contribution in [0.4, 0.5) is 0 Å². The molecule has 2 aromatic heterocycles. The molecule has 0 bridgehead atoms. The highest BCUT2D eigenvalue weighted by Gasteiger charge is 2.29. The Hall–Kier alpha value is -2.84. The van der Waals surface area contributed by atoms with Gasteiger partial charge in [-0.15, -0.1) is 0 Å². The van der Waals surface area contributed by atoms with E-state index in [0.717, 1.165) is 31.4 Å². The molecule has 1 aliphatic rings. The van der Waals surface area contributed by atoms with Crippen LogP contribution in [0.3, 0.4) is 0 Å². The Kier molecular flexibility index (Phi) is 7.28. The van der Waals surface area contributed by atoms with E-state index in [1.165, 1.54) is 0 Å². The first-order valence-corrected chi connectivity index (χ1v) is 13.4. The average Bonchev–Trinajstić information content (AvgIpc) is 2.86. The van der Waals surface area contributed by atoms with Crippen LogP contribution in [0.15, 0.2) is 53.6 Å². The summed E-state index contributed by atoms with van der Waals surface area (Å²) >= 11 is 0. The third kappa shape index (κ3) is 4.98. The minimum atomic E-state index is -3.64. The highest BCUT2D eigenvalue weighted by atomic mass is 32.2. The minimum absolute atomic E-state index is 0.139. The largest absolute Gasteiger partial charge is 0.342 e. The van der Waals surface area contributed by atoms with Gasteiger partial charge in [-0.3, -0.25) is 4.79 Å². The van der Waals surface area contributed by atoms with Gasteiger partial charge in [0.15, 0.2) is 6.20 Å². The van der Waals surface area contributed by atoms with Crippen LogP contribution < -0.4 is 4.98 Å². The Morgan fingerprint density at radius 3 is 2.62 bits per heavy atom. The number of carbonyl (C=O) groups is 1. The van der Waals surface area contributed by atoms with E-state index in [4.69, 9.17) is 4.98 Å². The molecule has 8 heteroatoms. The molecule has 1 amide bonds. The number of amides is 1. The van der Waals surface area contributed by atoms with Crippen LogP contribution in [0.5, 0.6) is 0 Å². The molecule has 0 spiro atoms. The predicted molar refractivity (Wildman–Crippen MR) is 133 cm³/mol. The normalized spacial score (nSPS) is 15.5. The average molecular weight is 482 g/mol. The number of fused-ring (bicyclic) bond motifs is 1. The van der Waals surface area contributed by atoms with Crippen LogP contribution in [0.2, 0.25) is 0 Å². The molecule has 1 aliphatic heterocycles. The summed E-state index contributed by atoms with van der Waals surface area (Å²) in [5.74, 6) is 0.391. The molecule has 0 atom stereocenters. The maximum absolute atomic E-state index is 13.5. The number of unbranched alkanes of at least 4 members (excludes halogenated alkanes) is 1. The monoisotopic (exact) mass is 481 g/mol. The first kappa shape index (κ1) is 24.3. The highest BCUT2D eigenvalue weighted by molar-refractivity contribution is 7.89. The van der Waals surface area contributed by atoms with Crippen LogP contribution in [-0.4, -0.2) is 55.2 Å². The summed E-state index contributed by atoms with van der Waals surface area (Å²) in [4.78, 5) is 23.3. The predicted octanol–water partition coefficient (Wildman–Crippen LogP) is 4.01. The van der Waals surface area contributed by atoms with Crippen molar-refractivity contribution in [1.29, 1.82) is 0 Å². The first-order chi connectivity index (χ1) is 16.3. The molecule has 3 heterocycles. The molecule has 4 rings (SSSR count). The molecule has 34 heavy (non-hydrogen) atoms. The van der Waals surface area contributed by atoms with E-state index in [-0.39, 0.29) is 10.8 Å². The molecular weight excluding hydrogens is 448 g/mol. The lowest BCUT2D eigenvalue weighted by atomic mass is 10.0. The smallest absolute Gasteiger partial charge is 0.254 e. The Morgan fingerprint density at radius 1 is 1.18 bits per heavy atom. The van der Waals surface area contributed by atoms with Crippen molar-refractivity contribution >= 4 is 26.8 Å². The Balaban J connectivity index is 1.82. The number of aromatic amines is 1. The van der Waals surface area contributed by atoms with Crippen LogP contribution in [0.1, 0.15) is 49.9 Å². The van der Waals surface area contributed by atoms with Gasteiger partial charge in [0, 0.05) is 44.2 Å². The molecule has 0 radical (unpaired) electrons. The van der Waals surface area contributed by atoms with Crippen molar-refractivity contribution in [2.45, 2.75) is 44.4 Å². The molecule has 180 valence electrons. The summed E-state index contributed by atoms with van der Waals surface area (Å²) < 4.78 is 28.3. The van der Waals surface area contributed by atoms with E-state index < -0.39 is 10.0 Å². The van der Waals surface area contributed by atoms with Crippen LogP contribution in [0, 0.1) is 5.92 Å². The number of nitrogens with one attached hydrogen (secondary N) is 1. The molecule has 0 saturated carbocycles. The molecule has 1 aromatic carbocycles. The van der Waals surface area contributed by atoms with Gasteiger partial charge in [0.25, 0.3) is 5.91 Å². The molecule has 1 N–H and O–H groups in total. The van der Waals surface area contributed by atoms with Crippen molar-refractivity contribution in [3.63, 3.8) is 0 Å². The standard InChI is InChI=1S/C26H32N4O3S/c1-4-5-14-29(3)26(31)22-18-25(24-8-6-7-13-27-24)28-23-10-9-20(17-21(22)23)34(32,33)30-15-11-19(2)12-16-30/h6-10,13,17-19H,4-5,11-12,14-16H2,1-3H3/p+1. The second-order valence-corrected chi connectivity index (χ2v) is 11.1. The Bertz CT molecular complexity index is 1270. The van der Waals surface area contributed by atoms with Crippen molar-refractivity contribution in [2.75, 3.05) is 26.7 Å². The number of aromatic nitrogens is 2. The second-order valence-electron chi connectivity index (χ2n) is 9.18. The van der Waals surface area contributed by atoms with Gasteiger partial charge in [0.1, 0.15) is 5.69 Å². The van der Waals surface area contributed by atoms with E-state index in [0.29, 0.717) is 47.7 Å². The number of rotatable bonds is 7. The summed E-state index contributed by atoms with van der Waals surface area (Å²) in [6, 6.07) is 12.4. The molecule has 3 aromatic rings. The maximum Gasteiger partial charge on any atom is 0.254 e. The van der Waals surface area contributed by atoms with Gasteiger partial charge in [-0.1, -0.05) is 20.3 Å². The SMILES string of the molecule is CCCCN(C)C(=O)c1cc(-c2cccc[nH+]2)nc2ccc(S(=O)(=O)N3CCC(C)CC3)cc12. The van der Waals surface area contributed by atoms with Crippen LogP contribution in [-0.2, 0) is 10.0 Å². The molecule has 1 saturated heterocycles. The van der Waals surface area contributed by atoms with E-state index in [1.807, 2.05) is 24.4 Å². The zero-order valence-electron chi connectivity index (χ0n) is 20.1. The number of nitrogens with zero attached hydrogens (tertiary/aromatic N) is 3. The number of sulfonamides is 1. The number of carbonyl (C=O) groups excluding carboxylic acids is 1. The molecular formula is C26H33N4O3S+. The second kappa shape index (κ2) is 10.2. The number of hydrogen-bond donors (Lipinski definition) is 0. The Labute approximate surface area is 201 Å². The Morgan fingerprint density at radius 2 is 1.94 bits per heavy atom. The number of H-pyrrole nitrogens is 1. The molecule has 1 fully saturated rings. The molecule has 0 aliphatic carbocycles. The van der Waals surface area contributed by atoms with Crippen molar-refractivity contribution in [1.82, 2.24) is 14.2 Å². The van der Waals surface area contributed by atoms with Gasteiger partial charge >= 0.3 is 0 Å². The lowest BCUT2D eigenvalue weighted by molar-refractivity contribution is -0.364. The third-order valence-corrected chi connectivity index (χ3v) is 8.46. The van der Waals surface area contributed by atoms with Crippen molar-refractivity contribution in [2.24, 2.45) is 5.92 Å². The van der Waals surface area contributed by atoms with Crippen molar-refractivity contribution in [3.05, 3.63) is 54.2 Å². The van der Waals surface area contributed by atoms with Crippen LogP contribution >= 0.6 is 0 Å². The first-order valence-electron chi connectivity index (χ1n) is 12.0. The summed E-state index contributed by atoms with van der Waals surface area (Å²) in [6.45, 7) is 5.92. The fourth-order valence-electron chi connectivity index (χ4n) is 4.31. The fraction of sp³-hybridized carbons (Fsp3) is 0.423. The van der Waals surface area contributed by atoms with Crippen LogP contribution in [0.25, 0.3) is 22.3 Å². The van der Waals surface area contributed by atoms with Gasteiger partial charge in [-0.05, 0) is 55.5 Å². The quantitative estimate of drug-likeness (QED) is 0.510. The number of hydrogen-bond acceptors (Lipinski definition) is 4. The highest BCUT2D eigenvalue weighted by Crippen LogP contribution is 2.29. The summed E-state index contributed by atoms with van der Waals surface area (Å²) in [6.07, 6.45) is 5.41. The summed E-state index contributed by atoms with van der Waals surface area (Å²) in [5.41, 5.74) is 2.48. The number of pyridine rings is 2. The van der Waals surface area contributed by atoms with Crippen molar-refractivity contribution in [3.8, 4) is 11.4 Å². The zero-order chi connectivity index (χ0) is 24.3.